The van der Waals surface area contributed by atoms with Gasteiger partial charge in [0.1, 0.15) is 25.9 Å². The minimum Gasteiger partial charge on any atom is -0.460 e. The number of carbonyl (C=O) groups is 6. The van der Waals surface area contributed by atoms with Gasteiger partial charge in [-0.05, 0) is 41.5 Å². The van der Waals surface area contributed by atoms with E-state index < -0.39 is 60.2 Å². The maximum atomic E-state index is 11.3. The van der Waals surface area contributed by atoms with Crippen LogP contribution in [0.3, 0.4) is 0 Å². The molecule has 1 heterocycles. The van der Waals surface area contributed by atoms with Gasteiger partial charge in [0.2, 0.25) is 0 Å². The molecule has 14 heteroatoms. The van der Waals surface area contributed by atoms with Gasteiger partial charge in [-0.25, -0.2) is 28.8 Å². The molecule has 0 amide bonds. The summed E-state index contributed by atoms with van der Waals surface area (Å²) in [6.45, 7) is 14.9. The topological polar surface area (TPSA) is 198 Å². The average Bonchev–Trinajstić information content (AvgIpc) is 2.84. The van der Waals surface area contributed by atoms with E-state index in [0.29, 0.717) is 5.57 Å². The number of hydrogen-bond acceptors (Lipinski definition) is 14. The molecule has 0 aliphatic carbocycles. The second-order valence-corrected chi connectivity index (χ2v) is 7.64. The van der Waals surface area contributed by atoms with Crippen molar-refractivity contribution in [2.24, 2.45) is 0 Å². The predicted octanol–water partition coefficient (Wildman–Crippen LogP) is -0.0772. The van der Waals surface area contributed by atoms with Gasteiger partial charge in [-0.1, -0.05) is 13.2 Å². The molecular formula is C24H36O14. The van der Waals surface area contributed by atoms with Crippen molar-refractivity contribution < 1.29 is 67.4 Å². The van der Waals surface area contributed by atoms with Crippen LogP contribution < -0.4 is 0 Å². The van der Waals surface area contributed by atoms with Crippen LogP contribution in [0.25, 0.3) is 0 Å². The molecule has 1 rings (SSSR count). The van der Waals surface area contributed by atoms with Gasteiger partial charge in [-0.3, -0.25) is 0 Å². The number of rotatable bonds is 10. The normalized spacial score (nSPS) is 17.3. The van der Waals surface area contributed by atoms with Crippen molar-refractivity contribution in [1.29, 1.82) is 0 Å². The standard InChI is InChI=1S/C12H18O7.C6H8O4.C6H10O3/c1-7(2)10(14)17-5-6-18-12(16)9(4)19-11(15)8(3)13;1-3-5(7)10-4(2)6(8)9-3;1-5(2)6(8)9-4-3-7/h8-9,13H,1,5-6H2,2-4H3;3-4H,1-2H3;7H,1,3-4H2,2H3. The second kappa shape index (κ2) is 19.3. The lowest BCUT2D eigenvalue weighted by molar-refractivity contribution is -0.191. The van der Waals surface area contributed by atoms with Crippen molar-refractivity contribution in [3.63, 3.8) is 0 Å². The third-order valence-corrected chi connectivity index (χ3v) is 3.80. The summed E-state index contributed by atoms with van der Waals surface area (Å²) in [4.78, 5) is 65.1. The summed E-state index contributed by atoms with van der Waals surface area (Å²) in [5, 5.41) is 17.1. The van der Waals surface area contributed by atoms with Crippen molar-refractivity contribution in [3.8, 4) is 0 Å². The van der Waals surface area contributed by atoms with Crippen molar-refractivity contribution in [1.82, 2.24) is 0 Å². The largest absolute Gasteiger partial charge is 0.460 e. The Labute approximate surface area is 220 Å². The summed E-state index contributed by atoms with van der Waals surface area (Å²) in [6.07, 6.45) is -3.95. The highest BCUT2D eigenvalue weighted by Gasteiger charge is 2.32. The van der Waals surface area contributed by atoms with E-state index in [1.54, 1.807) is 6.92 Å². The van der Waals surface area contributed by atoms with Crippen LogP contribution in [-0.4, -0.2) is 96.9 Å². The lowest BCUT2D eigenvalue weighted by Crippen LogP contribution is -2.40. The fraction of sp³-hybridized carbons (Fsp3) is 0.583. The van der Waals surface area contributed by atoms with E-state index in [-0.39, 0.29) is 32.0 Å². The molecule has 0 aromatic rings. The van der Waals surface area contributed by atoms with Gasteiger partial charge in [0.05, 0.1) is 6.61 Å². The molecule has 0 saturated carbocycles. The molecule has 1 saturated heterocycles. The molecular weight excluding hydrogens is 512 g/mol. The second-order valence-electron chi connectivity index (χ2n) is 7.64. The summed E-state index contributed by atoms with van der Waals surface area (Å²) in [5.41, 5.74) is 0.592. The molecule has 0 bridgehead atoms. The minimum absolute atomic E-state index is 0.0473. The van der Waals surface area contributed by atoms with Crippen LogP contribution in [0.15, 0.2) is 24.3 Å². The molecule has 14 nitrogen and oxygen atoms in total. The first-order valence-corrected chi connectivity index (χ1v) is 11.3. The molecule has 2 N–H and O–H groups in total. The molecule has 0 spiro atoms. The van der Waals surface area contributed by atoms with Crippen LogP contribution in [0.2, 0.25) is 0 Å². The molecule has 38 heavy (non-hydrogen) atoms. The van der Waals surface area contributed by atoms with Crippen LogP contribution in [0, 0.1) is 0 Å². The van der Waals surface area contributed by atoms with Gasteiger partial charge < -0.3 is 38.6 Å². The number of esters is 6. The van der Waals surface area contributed by atoms with Crippen molar-refractivity contribution in [2.45, 2.75) is 66.0 Å². The highest BCUT2D eigenvalue weighted by atomic mass is 16.6. The Morgan fingerprint density at radius 1 is 0.816 bits per heavy atom. The highest BCUT2D eigenvalue weighted by molar-refractivity contribution is 5.87. The number of aliphatic hydroxyl groups excluding tert-OH is 2. The maximum Gasteiger partial charge on any atom is 0.347 e. The number of aliphatic hydroxyl groups is 2. The van der Waals surface area contributed by atoms with Crippen LogP contribution in [0.4, 0.5) is 0 Å². The van der Waals surface area contributed by atoms with Gasteiger partial charge in [0.15, 0.2) is 18.3 Å². The zero-order chi connectivity index (χ0) is 30.0. The first kappa shape index (κ1) is 36.4. The first-order chi connectivity index (χ1) is 17.5. The third kappa shape index (κ3) is 16.8. The van der Waals surface area contributed by atoms with Crippen molar-refractivity contribution >= 4 is 35.8 Å². The Morgan fingerprint density at radius 3 is 1.58 bits per heavy atom. The van der Waals surface area contributed by atoms with Gasteiger partial charge in [0.25, 0.3) is 0 Å². The Morgan fingerprint density at radius 2 is 1.21 bits per heavy atom. The van der Waals surface area contributed by atoms with Gasteiger partial charge in [0, 0.05) is 11.1 Å². The highest BCUT2D eigenvalue weighted by Crippen LogP contribution is 2.08. The number of cyclic esters (lactones) is 2. The maximum absolute atomic E-state index is 11.3. The Bertz CT molecular complexity index is 840. The van der Waals surface area contributed by atoms with E-state index in [1.165, 1.54) is 34.6 Å². The summed E-state index contributed by atoms with van der Waals surface area (Å²) in [5.74, 6) is -3.70. The molecule has 1 aliphatic heterocycles. The summed E-state index contributed by atoms with van der Waals surface area (Å²) in [7, 11) is 0. The van der Waals surface area contributed by atoms with E-state index in [4.69, 9.17) is 14.9 Å². The predicted molar refractivity (Wildman–Crippen MR) is 128 cm³/mol. The zero-order valence-corrected chi connectivity index (χ0v) is 22.3. The fourth-order valence-electron chi connectivity index (χ4n) is 1.74. The van der Waals surface area contributed by atoms with E-state index in [9.17, 15) is 28.8 Å². The van der Waals surface area contributed by atoms with E-state index in [0.717, 1.165) is 0 Å². The zero-order valence-electron chi connectivity index (χ0n) is 22.3. The third-order valence-electron chi connectivity index (χ3n) is 3.80. The molecule has 0 aromatic carbocycles. The van der Waals surface area contributed by atoms with Crippen molar-refractivity contribution in [2.75, 3.05) is 26.4 Å². The lowest BCUT2D eigenvalue weighted by atomic mass is 10.3. The smallest absolute Gasteiger partial charge is 0.347 e. The summed E-state index contributed by atoms with van der Waals surface area (Å²) >= 11 is 0. The van der Waals surface area contributed by atoms with Gasteiger partial charge in [-0.15, -0.1) is 0 Å². The number of ether oxygens (including phenoxy) is 6. The summed E-state index contributed by atoms with van der Waals surface area (Å²) in [6, 6.07) is 0. The molecule has 1 fully saturated rings. The van der Waals surface area contributed by atoms with Crippen LogP contribution in [0.5, 0.6) is 0 Å². The minimum atomic E-state index is -1.31. The van der Waals surface area contributed by atoms with E-state index >= 15 is 0 Å². The van der Waals surface area contributed by atoms with E-state index in [2.05, 4.69) is 36.8 Å². The Hall–Kier alpha value is -3.78. The SMILES string of the molecule is C=C(C)C(=O)OCCO.C=C(C)C(=O)OCCOC(=O)C(C)OC(=O)C(C)O.CC1OC(=O)C(C)OC1=O. The van der Waals surface area contributed by atoms with Gasteiger partial charge >= 0.3 is 35.8 Å². The summed E-state index contributed by atoms with van der Waals surface area (Å²) < 4.78 is 27.7. The molecule has 4 unspecified atom stereocenters. The monoisotopic (exact) mass is 548 g/mol. The van der Waals surface area contributed by atoms with Crippen molar-refractivity contribution in [3.05, 3.63) is 24.3 Å². The molecule has 0 aromatic heterocycles. The fourth-order valence-corrected chi connectivity index (χ4v) is 1.74. The quantitative estimate of drug-likeness (QED) is 0.159. The molecule has 0 radical (unpaired) electrons. The lowest BCUT2D eigenvalue weighted by Gasteiger charge is -2.22. The number of carbonyl (C=O) groups excluding carboxylic acids is 6. The van der Waals surface area contributed by atoms with Gasteiger partial charge in [-0.2, -0.15) is 0 Å². The van der Waals surface area contributed by atoms with Crippen LogP contribution in [-0.2, 0) is 57.2 Å². The molecule has 4 atom stereocenters. The van der Waals surface area contributed by atoms with Crippen LogP contribution in [0.1, 0.15) is 41.5 Å². The Kier molecular flexibility index (Phi) is 18.5. The molecule has 1 aliphatic rings. The Balaban J connectivity index is 0. The average molecular weight is 549 g/mol. The first-order valence-electron chi connectivity index (χ1n) is 11.3. The van der Waals surface area contributed by atoms with Crippen LogP contribution >= 0.6 is 0 Å². The van der Waals surface area contributed by atoms with E-state index in [1.807, 2.05) is 0 Å². The number of hydrogen-bond donors (Lipinski definition) is 2. The molecule has 216 valence electrons.